The van der Waals surface area contributed by atoms with Crippen LogP contribution in [-0.4, -0.2) is 5.11 Å². The molecular weight excluding hydrogens is 319 g/mol. The molecule has 0 amide bonds. The third kappa shape index (κ3) is 3.10. The maximum Gasteiger partial charge on any atom is 0.132 e. The minimum Gasteiger partial charge on any atom is -0.488 e. The van der Waals surface area contributed by atoms with E-state index in [-0.39, 0.29) is 5.56 Å². The number of benzene rings is 1. The summed E-state index contributed by atoms with van der Waals surface area (Å²) in [5.41, 5.74) is 0.277. The molecule has 96 valence electrons. The first kappa shape index (κ1) is 13.5. The highest BCUT2D eigenvalue weighted by Gasteiger charge is 2.09. The molecule has 2 aromatic rings. The summed E-state index contributed by atoms with van der Waals surface area (Å²) in [7, 11) is 0. The number of aliphatic hydroxyl groups excluding tert-OH is 1. The highest BCUT2D eigenvalue weighted by atomic mass is 79.9. The van der Waals surface area contributed by atoms with Crippen LogP contribution in [0.3, 0.4) is 0 Å². The SMILES string of the molecule is C[C@H](O)c1ccc(OCc2sccc2Br)cc1F. The molecule has 0 aliphatic carbocycles. The van der Waals surface area contributed by atoms with Crippen LogP contribution in [0.5, 0.6) is 5.75 Å². The zero-order valence-electron chi connectivity index (χ0n) is 9.69. The molecule has 1 aromatic carbocycles. The summed E-state index contributed by atoms with van der Waals surface area (Å²) in [4.78, 5) is 1.05. The average molecular weight is 331 g/mol. The van der Waals surface area contributed by atoms with E-state index in [4.69, 9.17) is 4.74 Å². The van der Waals surface area contributed by atoms with Gasteiger partial charge in [0.15, 0.2) is 0 Å². The molecule has 0 spiro atoms. The Hall–Kier alpha value is -0.910. The van der Waals surface area contributed by atoms with Gasteiger partial charge in [-0.2, -0.15) is 0 Å². The number of rotatable bonds is 4. The summed E-state index contributed by atoms with van der Waals surface area (Å²) < 4.78 is 20.1. The van der Waals surface area contributed by atoms with E-state index >= 15 is 0 Å². The van der Waals surface area contributed by atoms with Crippen molar-refractivity contribution in [3.63, 3.8) is 0 Å². The zero-order valence-corrected chi connectivity index (χ0v) is 12.1. The first-order valence-electron chi connectivity index (χ1n) is 5.40. The van der Waals surface area contributed by atoms with Crippen molar-refractivity contribution in [1.29, 1.82) is 0 Å². The minimum absolute atomic E-state index is 0.277. The van der Waals surface area contributed by atoms with Crippen LogP contribution >= 0.6 is 27.3 Å². The predicted molar refractivity (Wildman–Crippen MR) is 73.4 cm³/mol. The lowest BCUT2D eigenvalue weighted by Gasteiger charge is -2.09. The molecule has 1 aromatic heterocycles. The van der Waals surface area contributed by atoms with Crippen molar-refractivity contribution >= 4 is 27.3 Å². The molecule has 0 saturated carbocycles. The lowest BCUT2D eigenvalue weighted by Crippen LogP contribution is -1.98. The Kier molecular flexibility index (Phi) is 4.37. The summed E-state index contributed by atoms with van der Waals surface area (Å²) in [6.07, 6.45) is -0.814. The number of hydrogen-bond acceptors (Lipinski definition) is 3. The fourth-order valence-electron chi connectivity index (χ4n) is 1.51. The van der Waals surface area contributed by atoms with Gasteiger partial charge in [0.1, 0.15) is 18.2 Å². The van der Waals surface area contributed by atoms with Crippen LogP contribution in [0.25, 0.3) is 0 Å². The highest BCUT2D eigenvalue weighted by molar-refractivity contribution is 9.10. The topological polar surface area (TPSA) is 29.5 Å². The molecule has 18 heavy (non-hydrogen) atoms. The van der Waals surface area contributed by atoms with Crippen molar-refractivity contribution in [2.45, 2.75) is 19.6 Å². The van der Waals surface area contributed by atoms with Gasteiger partial charge in [-0.05, 0) is 46.4 Å². The minimum atomic E-state index is -0.814. The Morgan fingerprint density at radius 3 is 2.78 bits per heavy atom. The number of halogens is 2. The maximum atomic E-state index is 13.6. The van der Waals surface area contributed by atoms with Crippen molar-refractivity contribution in [3.05, 3.63) is 50.4 Å². The summed E-state index contributed by atoms with van der Waals surface area (Å²) in [5.74, 6) is 0.00458. The van der Waals surface area contributed by atoms with Crippen molar-refractivity contribution in [2.75, 3.05) is 0 Å². The average Bonchev–Trinajstić information content (AvgIpc) is 2.72. The van der Waals surface area contributed by atoms with E-state index in [0.29, 0.717) is 12.4 Å². The fourth-order valence-corrected chi connectivity index (χ4v) is 2.89. The Balaban J connectivity index is 2.07. The van der Waals surface area contributed by atoms with Crippen LogP contribution < -0.4 is 4.74 Å². The maximum absolute atomic E-state index is 13.6. The van der Waals surface area contributed by atoms with E-state index in [9.17, 15) is 9.50 Å². The van der Waals surface area contributed by atoms with Gasteiger partial charge >= 0.3 is 0 Å². The zero-order chi connectivity index (χ0) is 13.1. The largest absolute Gasteiger partial charge is 0.488 e. The van der Waals surface area contributed by atoms with Gasteiger partial charge in [0, 0.05) is 16.1 Å². The normalized spacial score (nSPS) is 12.4. The standard InChI is InChI=1S/C13H12BrFO2S/c1-8(16)10-3-2-9(6-12(10)15)17-7-13-11(14)4-5-18-13/h2-6,8,16H,7H2,1H3/t8-/m0/s1. The van der Waals surface area contributed by atoms with Gasteiger partial charge in [0.05, 0.1) is 11.0 Å². The second kappa shape index (κ2) is 5.82. The van der Waals surface area contributed by atoms with Crippen LogP contribution in [0.1, 0.15) is 23.5 Å². The first-order valence-corrected chi connectivity index (χ1v) is 7.07. The number of hydrogen-bond donors (Lipinski definition) is 1. The molecule has 2 nitrogen and oxygen atoms in total. The Bertz CT molecular complexity index is 540. The van der Waals surface area contributed by atoms with Crippen LogP contribution in [0.2, 0.25) is 0 Å². The van der Waals surface area contributed by atoms with E-state index in [1.165, 1.54) is 13.0 Å². The smallest absolute Gasteiger partial charge is 0.132 e. The molecule has 0 aliphatic heterocycles. The summed E-state index contributed by atoms with van der Waals surface area (Å²) in [6.45, 7) is 1.92. The monoisotopic (exact) mass is 330 g/mol. The van der Waals surface area contributed by atoms with Crippen LogP contribution in [0, 0.1) is 5.82 Å². The lowest BCUT2D eigenvalue weighted by molar-refractivity contribution is 0.194. The predicted octanol–water partition coefficient (Wildman–Crippen LogP) is 4.28. The summed E-state index contributed by atoms with van der Waals surface area (Å²) >= 11 is 4.98. The van der Waals surface area contributed by atoms with Crippen molar-refractivity contribution < 1.29 is 14.2 Å². The number of aliphatic hydroxyl groups is 1. The number of ether oxygens (including phenoxy) is 1. The van der Waals surface area contributed by atoms with Crippen LogP contribution in [0.15, 0.2) is 34.1 Å². The van der Waals surface area contributed by atoms with Crippen LogP contribution in [-0.2, 0) is 6.61 Å². The van der Waals surface area contributed by atoms with Gasteiger partial charge in [0.2, 0.25) is 0 Å². The van der Waals surface area contributed by atoms with Crippen molar-refractivity contribution in [1.82, 2.24) is 0 Å². The van der Waals surface area contributed by atoms with E-state index in [1.54, 1.807) is 23.5 Å². The Morgan fingerprint density at radius 2 is 2.22 bits per heavy atom. The van der Waals surface area contributed by atoms with Crippen molar-refractivity contribution in [3.8, 4) is 5.75 Å². The molecule has 0 bridgehead atoms. The molecule has 5 heteroatoms. The third-order valence-electron chi connectivity index (χ3n) is 2.48. The second-order valence-corrected chi connectivity index (χ2v) is 5.69. The lowest BCUT2D eigenvalue weighted by atomic mass is 10.1. The highest BCUT2D eigenvalue weighted by Crippen LogP contribution is 2.26. The van der Waals surface area contributed by atoms with Gasteiger partial charge in [-0.25, -0.2) is 4.39 Å². The van der Waals surface area contributed by atoms with Crippen LogP contribution in [0.4, 0.5) is 4.39 Å². The molecule has 1 N–H and O–H groups in total. The molecule has 2 rings (SSSR count). The van der Waals surface area contributed by atoms with E-state index in [2.05, 4.69) is 15.9 Å². The fraction of sp³-hybridized carbons (Fsp3) is 0.231. The summed E-state index contributed by atoms with van der Waals surface area (Å²) in [5, 5.41) is 11.3. The molecule has 0 radical (unpaired) electrons. The quantitative estimate of drug-likeness (QED) is 0.906. The molecule has 0 unspecified atom stereocenters. The van der Waals surface area contributed by atoms with Crippen molar-refractivity contribution in [2.24, 2.45) is 0 Å². The Morgan fingerprint density at radius 1 is 1.44 bits per heavy atom. The molecular formula is C13H12BrFO2S. The number of thiophene rings is 1. The third-order valence-corrected chi connectivity index (χ3v) is 4.38. The van der Waals surface area contributed by atoms with E-state index in [1.807, 2.05) is 11.4 Å². The Labute approximate surface area is 117 Å². The van der Waals surface area contributed by atoms with Gasteiger partial charge < -0.3 is 9.84 Å². The van der Waals surface area contributed by atoms with E-state index < -0.39 is 11.9 Å². The van der Waals surface area contributed by atoms with Gasteiger partial charge in [-0.1, -0.05) is 0 Å². The molecule has 0 aliphatic rings. The molecule has 1 heterocycles. The van der Waals surface area contributed by atoms with Gasteiger partial charge in [0.25, 0.3) is 0 Å². The molecule has 0 fully saturated rings. The molecule has 0 saturated heterocycles. The summed E-state index contributed by atoms with van der Waals surface area (Å²) in [6, 6.07) is 6.44. The van der Waals surface area contributed by atoms with E-state index in [0.717, 1.165) is 9.35 Å². The van der Waals surface area contributed by atoms with Gasteiger partial charge in [-0.3, -0.25) is 0 Å². The second-order valence-electron chi connectivity index (χ2n) is 3.84. The van der Waals surface area contributed by atoms with Gasteiger partial charge in [-0.15, -0.1) is 11.3 Å². The molecule has 1 atom stereocenters. The first-order chi connectivity index (χ1) is 8.58.